The van der Waals surface area contributed by atoms with E-state index in [0.717, 1.165) is 22.2 Å². The van der Waals surface area contributed by atoms with Crippen LogP contribution in [0.15, 0.2) is 47.9 Å². The molecular formula is C22H27N5O3. The van der Waals surface area contributed by atoms with Crippen LogP contribution in [0.4, 0.5) is 5.82 Å². The number of aliphatic imine (C=N–C) groups is 1. The van der Waals surface area contributed by atoms with Gasteiger partial charge in [-0.2, -0.15) is 0 Å². The van der Waals surface area contributed by atoms with E-state index >= 15 is 0 Å². The molecule has 8 nitrogen and oxygen atoms in total. The number of benzene rings is 1. The monoisotopic (exact) mass is 409 g/mol. The Morgan fingerprint density at radius 2 is 2.10 bits per heavy atom. The molecule has 0 atom stereocenters. The summed E-state index contributed by atoms with van der Waals surface area (Å²) in [6.07, 6.45) is 4.98. The number of carbonyl (C=O) groups is 1. The van der Waals surface area contributed by atoms with Crippen LogP contribution in [0, 0.1) is 0 Å². The third-order valence-electron chi connectivity index (χ3n) is 4.90. The Hall–Kier alpha value is -3.26. The summed E-state index contributed by atoms with van der Waals surface area (Å²) < 4.78 is 10.9. The van der Waals surface area contributed by atoms with Crippen molar-refractivity contribution < 1.29 is 14.3 Å². The van der Waals surface area contributed by atoms with Crippen molar-refractivity contribution in [2.75, 3.05) is 45.3 Å². The summed E-state index contributed by atoms with van der Waals surface area (Å²) in [5.74, 6) is 1.20. The summed E-state index contributed by atoms with van der Waals surface area (Å²) in [5.41, 5.74) is 3.33. The van der Waals surface area contributed by atoms with Crippen LogP contribution >= 0.6 is 0 Å². The van der Waals surface area contributed by atoms with E-state index in [-0.39, 0.29) is 12.5 Å². The third kappa shape index (κ3) is 5.01. The molecule has 1 aliphatic heterocycles. The number of amides is 1. The predicted molar refractivity (Wildman–Crippen MR) is 118 cm³/mol. The fraction of sp³-hybridized carbons (Fsp3) is 0.364. The van der Waals surface area contributed by atoms with Crippen LogP contribution in [0.5, 0.6) is 5.75 Å². The summed E-state index contributed by atoms with van der Waals surface area (Å²) in [7, 11) is 1.60. The van der Waals surface area contributed by atoms with Crippen molar-refractivity contribution in [2.24, 2.45) is 4.99 Å². The molecule has 2 aromatic rings. The molecule has 1 N–H and O–H groups in total. The predicted octanol–water partition coefficient (Wildman–Crippen LogP) is 2.81. The molecular weight excluding hydrogens is 382 g/mol. The number of morpholine rings is 1. The highest BCUT2D eigenvalue weighted by atomic mass is 16.5. The average Bonchev–Trinajstić information content (AvgIpc) is 2.80. The van der Waals surface area contributed by atoms with Crippen molar-refractivity contribution in [1.82, 2.24) is 14.9 Å². The fourth-order valence-electron chi connectivity index (χ4n) is 3.05. The van der Waals surface area contributed by atoms with Gasteiger partial charge in [0.05, 0.1) is 26.9 Å². The van der Waals surface area contributed by atoms with Gasteiger partial charge in [-0.15, -0.1) is 0 Å². The van der Waals surface area contributed by atoms with E-state index in [1.165, 1.54) is 6.33 Å². The highest BCUT2D eigenvalue weighted by Gasteiger charge is 2.18. The lowest BCUT2D eigenvalue weighted by atomic mass is 10.1. The molecule has 1 amide bonds. The number of fused-ring (bicyclic) bond motifs is 1. The van der Waals surface area contributed by atoms with Crippen molar-refractivity contribution in [3.8, 4) is 5.75 Å². The molecule has 8 heteroatoms. The number of ether oxygens (including phenoxy) is 2. The Kier molecular flexibility index (Phi) is 7.13. The minimum absolute atomic E-state index is 0.0102. The summed E-state index contributed by atoms with van der Waals surface area (Å²) in [6.45, 7) is 10.1. The topological polar surface area (TPSA) is 88.9 Å². The Balaban J connectivity index is 1.91. The smallest absolute Gasteiger partial charge is 0.242 e. The van der Waals surface area contributed by atoms with Gasteiger partial charge < -0.3 is 19.7 Å². The highest BCUT2D eigenvalue weighted by molar-refractivity contribution is 6.05. The zero-order valence-corrected chi connectivity index (χ0v) is 17.6. The number of nitrogens with one attached hydrogen (secondary N) is 1. The van der Waals surface area contributed by atoms with E-state index in [1.807, 2.05) is 26.0 Å². The van der Waals surface area contributed by atoms with Crippen LogP contribution in [0.2, 0.25) is 0 Å². The number of carbonyl (C=O) groups excluding carboxylic acids is 1. The van der Waals surface area contributed by atoms with Crippen molar-refractivity contribution in [3.63, 3.8) is 0 Å². The minimum Gasteiger partial charge on any atom is -0.494 e. The van der Waals surface area contributed by atoms with Gasteiger partial charge in [0.15, 0.2) is 0 Å². The first-order valence-electron chi connectivity index (χ1n) is 9.79. The molecule has 0 spiro atoms. The van der Waals surface area contributed by atoms with E-state index in [1.54, 1.807) is 24.3 Å². The largest absolute Gasteiger partial charge is 0.494 e. The van der Waals surface area contributed by atoms with Gasteiger partial charge in [-0.3, -0.25) is 9.79 Å². The van der Waals surface area contributed by atoms with Crippen molar-refractivity contribution in [3.05, 3.63) is 48.5 Å². The Morgan fingerprint density at radius 3 is 2.80 bits per heavy atom. The molecule has 30 heavy (non-hydrogen) atoms. The SMILES string of the molecule is C=C/C(C)=C\N=C(C)c1cc(OC)c2ncnc(NCC(=O)N3CCOCC3)c2c1. The Morgan fingerprint density at radius 1 is 1.33 bits per heavy atom. The third-order valence-corrected chi connectivity index (χ3v) is 4.90. The summed E-state index contributed by atoms with van der Waals surface area (Å²) >= 11 is 0. The first-order valence-corrected chi connectivity index (χ1v) is 9.79. The number of aromatic nitrogens is 2. The van der Waals surface area contributed by atoms with Gasteiger partial charge in [0.25, 0.3) is 0 Å². The molecule has 158 valence electrons. The molecule has 0 unspecified atom stereocenters. The second-order valence-electron chi connectivity index (χ2n) is 6.94. The number of nitrogens with zero attached hydrogens (tertiary/aromatic N) is 4. The highest BCUT2D eigenvalue weighted by Crippen LogP contribution is 2.29. The maximum absolute atomic E-state index is 12.5. The van der Waals surface area contributed by atoms with Gasteiger partial charge in [-0.25, -0.2) is 9.97 Å². The van der Waals surface area contributed by atoms with Crippen molar-refractivity contribution >= 4 is 28.3 Å². The fourth-order valence-corrected chi connectivity index (χ4v) is 3.05. The summed E-state index contributed by atoms with van der Waals surface area (Å²) in [6, 6.07) is 3.85. The normalized spacial score (nSPS) is 15.2. The van der Waals surface area contributed by atoms with E-state index in [4.69, 9.17) is 9.47 Å². The molecule has 0 radical (unpaired) electrons. The zero-order valence-electron chi connectivity index (χ0n) is 17.6. The Labute approximate surface area is 176 Å². The molecule has 1 saturated heterocycles. The number of allylic oxidation sites excluding steroid dienone is 2. The lowest BCUT2D eigenvalue weighted by molar-refractivity contribution is -0.133. The number of hydrogen-bond donors (Lipinski definition) is 1. The van der Waals surface area contributed by atoms with Gasteiger partial charge in [0.2, 0.25) is 5.91 Å². The van der Waals surface area contributed by atoms with Gasteiger partial charge in [0.1, 0.15) is 23.4 Å². The first kappa shape index (κ1) is 21.4. The van der Waals surface area contributed by atoms with Crippen LogP contribution in [-0.2, 0) is 9.53 Å². The van der Waals surface area contributed by atoms with Crippen LogP contribution < -0.4 is 10.1 Å². The quantitative estimate of drug-likeness (QED) is 0.559. The maximum Gasteiger partial charge on any atom is 0.242 e. The van der Waals surface area contributed by atoms with Gasteiger partial charge in [-0.1, -0.05) is 12.7 Å². The average molecular weight is 409 g/mol. The van der Waals surface area contributed by atoms with E-state index in [0.29, 0.717) is 43.4 Å². The molecule has 1 aromatic carbocycles. The summed E-state index contributed by atoms with van der Waals surface area (Å²) in [5, 5.41) is 3.92. The molecule has 1 aromatic heterocycles. The van der Waals surface area contributed by atoms with E-state index in [9.17, 15) is 4.79 Å². The molecule has 2 heterocycles. The van der Waals surface area contributed by atoms with Crippen LogP contribution in [-0.4, -0.2) is 66.4 Å². The second kappa shape index (κ2) is 9.98. The van der Waals surface area contributed by atoms with Gasteiger partial charge in [0, 0.05) is 36.0 Å². The maximum atomic E-state index is 12.5. The molecule has 3 rings (SSSR count). The van der Waals surface area contributed by atoms with Gasteiger partial charge >= 0.3 is 0 Å². The standard InChI is InChI=1S/C22H27N5O3/c1-5-15(2)12-23-16(3)17-10-18-21(19(11-17)29-4)25-14-26-22(18)24-13-20(28)27-6-8-30-9-7-27/h5,10-12,14H,1,6-9,13H2,2-4H3,(H,24,25,26)/b15-12-,23-16?. The second-order valence-corrected chi connectivity index (χ2v) is 6.94. The van der Waals surface area contributed by atoms with Crippen molar-refractivity contribution in [2.45, 2.75) is 13.8 Å². The summed E-state index contributed by atoms with van der Waals surface area (Å²) in [4.78, 5) is 27.5. The number of methoxy groups -OCH3 is 1. The molecule has 0 aliphatic carbocycles. The number of anilines is 1. The van der Waals surface area contributed by atoms with Crippen LogP contribution in [0.1, 0.15) is 19.4 Å². The lowest BCUT2D eigenvalue weighted by Crippen LogP contribution is -2.43. The molecule has 1 aliphatic rings. The molecule has 0 saturated carbocycles. The molecule has 0 bridgehead atoms. The van der Waals surface area contributed by atoms with Crippen molar-refractivity contribution in [1.29, 1.82) is 0 Å². The molecule has 1 fully saturated rings. The zero-order chi connectivity index (χ0) is 21.5. The van der Waals surface area contributed by atoms with Gasteiger partial charge in [-0.05, 0) is 31.6 Å². The van der Waals surface area contributed by atoms with Crippen LogP contribution in [0.3, 0.4) is 0 Å². The van der Waals surface area contributed by atoms with E-state index < -0.39 is 0 Å². The number of hydrogen-bond acceptors (Lipinski definition) is 7. The minimum atomic E-state index is 0.0102. The van der Waals surface area contributed by atoms with E-state index in [2.05, 4.69) is 26.9 Å². The van der Waals surface area contributed by atoms with Crippen LogP contribution in [0.25, 0.3) is 10.9 Å². The Bertz CT molecular complexity index is 994. The number of rotatable bonds is 7. The lowest BCUT2D eigenvalue weighted by Gasteiger charge is -2.27. The first-order chi connectivity index (χ1) is 14.5.